The first kappa shape index (κ1) is 19.1. The third-order valence-corrected chi connectivity index (χ3v) is 4.49. The smallest absolute Gasteiger partial charge is 0.312 e. The van der Waals surface area contributed by atoms with Crippen LogP contribution in [0.25, 0.3) is 0 Å². The normalized spacial score (nSPS) is 16.2. The maximum Gasteiger partial charge on any atom is 0.312 e. The Morgan fingerprint density at radius 1 is 1.13 bits per heavy atom. The van der Waals surface area contributed by atoms with Crippen LogP contribution in [0.3, 0.4) is 0 Å². The first-order chi connectivity index (χ1) is 11.1. The summed E-state index contributed by atoms with van der Waals surface area (Å²) in [7, 11) is 1.44. The molecule has 0 N–H and O–H groups in total. The van der Waals surface area contributed by atoms with E-state index in [1.807, 2.05) is 0 Å². The monoisotopic (exact) mass is 316 g/mol. The average molecular weight is 316 g/mol. The van der Waals surface area contributed by atoms with Gasteiger partial charge in [0.1, 0.15) is 5.78 Å². The Hall–Kier alpha value is -1.90. The molecule has 3 heteroatoms. The molecular weight excluding hydrogens is 288 g/mol. The predicted octanol–water partition coefficient (Wildman–Crippen LogP) is 4.29. The summed E-state index contributed by atoms with van der Waals surface area (Å²) in [6.45, 7) is 8.17. The quantitative estimate of drug-likeness (QED) is 0.601. The second kappa shape index (κ2) is 9.29. The number of ketones is 1. The molecule has 0 aromatic heterocycles. The van der Waals surface area contributed by atoms with Crippen LogP contribution in [-0.4, -0.2) is 18.9 Å². The van der Waals surface area contributed by atoms with Gasteiger partial charge in [-0.1, -0.05) is 37.6 Å². The number of benzene rings is 1. The van der Waals surface area contributed by atoms with Crippen LogP contribution in [0.5, 0.6) is 0 Å². The van der Waals surface area contributed by atoms with Crippen LogP contribution in [0.15, 0.2) is 37.4 Å². The third-order valence-electron chi connectivity index (χ3n) is 4.49. The molecule has 1 aliphatic carbocycles. The number of carbonyl (C=O) groups is 2. The van der Waals surface area contributed by atoms with Crippen molar-refractivity contribution in [3.8, 4) is 0 Å². The fraction of sp³-hybridized carbons (Fsp3) is 0.500. The number of rotatable bonds is 5. The molecule has 0 atom stereocenters. The molecule has 0 radical (unpaired) electrons. The number of aryl methyl sites for hydroxylation is 1. The molecule has 23 heavy (non-hydrogen) atoms. The van der Waals surface area contributed by atoms with Crippen LogP contribution in [0, 0.1) is 5.41 Å². The standard InChI is InChI=1S/C18H24O3.C2H4/c1-3-4-14-5-7-15(8-6-14)13-18(17(20)21-2)11-9-16(19)10-12-18;1-2/h5-8H,3-4,9-13H2,1-2H3;1-2H2. The second-order valence-electron chi connectivity index (χ2n) is 6.05. The van der Waals surface area contributed by atoms with Crippen molar-refractivity contribution < 1.29 is 14.3 Å². The molecule has 3 nitrogen and oxygen atoms in total. The lowest BCUT2D eigenvalue weighted by molar-refractivity contribution is -0.155. The highest BCUT2D eigenvalue weighted by atomic mass is 16.5. The molecule has 1 aliphatic rings. The SMILES string of the molecule is C=C.CCCc1ccc(CC2(C(=O)OC)CCC(=O)CC2)cc1. The van der Waals surface area contributed by atoms with Crippen molar-refractivity contribution in [3.63, 3.8) is 0 Å². The van der Waals surface area contributed by atoms with Gasteiger partial charge in [-0.15, -0.1) is 13.2 Å². The van der Waals surface area contributed by atoms with Gasteiger partial charge in [-0.25, -0.2) is 0 Å². The van der Waals surface area contributed by atoms with Crippen molar-refractivity contribution in [3.05, 3.63) is 48.6 Å². The number of esters is 1. The number of Topliss-reactive ketones (excluding diaryl/α,β-unsaturated/α-hetero) is 1. The Bertz CT molecular complexity index is 506. The summed E-state index contributed by atoms with van der Waals surface area (Å²) in [4.78, 5) is 23.7. The van der Waals surface area contributed by atoms with E-state index < -0.39 is 5.41 Å². The van der Waals surface area contributed by atoms with Gasteiger partial charge in [0, 0.05) is 12.8 Å². The van der Waals surface area contributed by atoms with E-state index in [0.717, 1.165) is 18.4 Å². The van der Waals surface area contributed by atoms with Gasteiger partial charge in [0.15, 0.2) is 0 Å². The van der Waals surface area contributed by atoms with Crippen molar-refractivity contribution in [2.24, 2.45) is 5.41 Å². The Kier molecular flexibility index (Phi) is 7.73. The minimum atomic E-state index is -0.519. The van der Waals surface area contributed by atoms with E-state index in [1.54, 1.807) is 0 Å². The van der Waals surface area contributed by atoms with Crippen LogP contribution in [-0.2, 0) is 27.2 Å². The number of hydrogen-bond donors (Lipinski definition) is 0. The van der Waals surface area contributed by atoms with Gasteiger partial charge < -0.3 is 4.74 Å². The second-order valence-corrected chi connectivity index (χ2v) is 6.05. The molecule has 2 rings (SSSR count). The molecule has 0 bridgehead atoms. The lowest BCUT2D eigenvalue weighted by Gasteiger charge is -2.34. The zero-order valence-electron chi connectivity index (χ0n) is 14.4. The molecule has 126 valence electrons. The van der Waals surface area contributed by atoms with Crippen molar-refractivity contribution in [2.75, 3.05) is 7.11 Å². The van der Waals surface area contributed by atoms with Gasteiger partial charge >= 0.3 is 5.97 Å². The van der Waals surface area contributed by atoms with Crippen LogP contribution < -0.4 is 0 Å². The fourth-order valence-electron chi connectivity index (χ4n) is 3.18. The van der Waals surface area contributed by atoms with Crippen LogP contribution in [0.2, 0.25) is 0 Å². The van der Waals surface area contributed by atoms with E-state index in [1.165, 1.54) is 12.7 Å². The molecule has 1 fully saturated rings. The van der Waals surface area contributed by atoms with Crippen molar-refractivity contribution in [2.45, 2.75) is 51.9 Å². The molecule has 1 aromatic carbocycles. The molecule has 1 saturated carbocycles. The predicted molar refractivity (Wildman–Crippen MR) is 93.3 cm³/mol. The van der Waals surface area contributed by atoms with Gasteiger partial charge in [-0.2, -0.15) is 0 Å². The number of hydrogen-bond acceptors (Lipinski definition) is 3. The Labute approximate surface area is 139 Å². The summed E-state index contributed by atoms with van der Waals surface area (Å²) in [5.74, 6) is 0.0838. The minimum absolute atomic E-state index is 0.173. The Balaban J connectivity index is 0.00000127. The van der Waals surface area contributed by atoms with Crippen molar-refractivity contribution >= 4 is 11.8 Å². The molecule has 0 saturated heterocycles. The number of ether oxygens (including phenoxy) is 1. The number of carbonyl (C=O) groups excluding carboxylic acids is 2. The summed E-state index contributed by atoms with van der Waals surface area (Å²) in [5, 5.41) is 0. The molecular formula is C20H28O3. The highest BCUT2D eigenvalue weighted by Crippen LogP contribution is 2.39. The lowest BCUT2D eigenvalue weighted by atomic mass is 9.70. The maximum atomic E-state index is 12.2. The maximum absolute atomic E-state index is 12.2. The van der Waals surface area contributed by atoms with Crippen LogP contribution in [0.4, 0.5) is 0 Å². The molecule has 0 unspecified atom stereocenters. The van der Waals surface area contributed by atoms with Crippen LogP contribution in [0.1, 0.15) is 50.2 Å². The summed E-state index contributed by atoms with van der Waals surface area (Å²) >= 11 is 0. The van der Waals surface area contributed by atoms with Crippen molar-refractivity contribution in [1.82, 2.24) is 0 Å². The summed E-state index contributed by atoms with van der Waals surface area (Å²) < 4.78 is 5.01. The summed E-state index contributed by atoms with van der Waals surface area (Å²) in [6.07, 6.45) is 5.07. The molecule has 0 amide bonds. The average Bonchev–Trinajstić information content (AvgIpc) is 2.60. The third kappa shape index (κ3) is 5.05. The van der Waals surface area contributed by atoms with Gasteiger partial charge in [-0.3, -0.25) is 9.59 Å². The Morgan fingerprint density at radius 2 is 1.65 bits per heavy atom. The molecule has 0 aliphatic heterocycles. The fourth-order valence-corrected chi connectivity index (χ4v) is 3.18. The van der Waals surface area contributed by atoms with E-state index >= 15 is 0 Å². The van der Waals surface area contributed by atoms with E-state index in [2.05, 4.69) is 44.3 Å². The Morgan fingerprint density at radius 3 is 2.13 bits per heavy atom. The van der Waals surface area contributed by atoms with Crippen LogP contribution >= 0.6 is 0 Å². The van der Waals surface area contributed by atoms with E-state index in [9.17, 15) is 9.59 Å². The molecule has 0 spiro atoms. The zero-order chi connectivity index (χ0) is 17.3. The first-order valence-corrected chi connectivity index (χ1v) is 8.27. The largest absolute Gasteiger partial charge is 0.469 e. The minimum Gasteiger partial charge on any atom is -0.469 e. The van der Waals surface area contributed by atoms with Gasteiger partial charge in [0.25, 0.3) is 0 Å². The molecule has 1 aromatic rings. The highest BCUT2D eigenvalue weighted by Gasteiger charge is 2.42. The topological polar surface area (TPSA) is 43.4 Å². The van der Waals surface area contributed by atoms with Crippen molar-refractivity contribution in [1.29, 1.82) is 0 Å². The lowest BCUT2D eigenvalue weighted by Crippen LogP contribution is -2.38. The highest BCUT2D eigenvalue weighted by molar-refractivity contribution is 5.84. The van der Waals surface area contributed by atoms with E-state index in [4.69, 9.17) is 4.74 Å². The first-order valence-electron chi connectivity index (χ1n) is 8.27. The summed E-state index contributed by atoms with van der Waals surface area (Å²) in [6, 6.07) is 8.48. The van der Waals surface area contributed by atoms with E-state index in [-0.39, 0.29) is 11.8 Å². The number of methoxy groups -OCH3 is 1. The van der Waals surface area contributed by atoms with Gasteiger partial charge in [0.05, 0.1) is 12.5 Å². The molecule has 0 heterocycles. The zero-order valence-corrected chi connectivity index (χ0v) is 14.4. The summed E-state index contributed by atoms with van der Waals surface area (Å²) in [5.41, 5.74) is 1.95. The van der Waals surface area contributed by atoms with E-state index in [0.29, 0.717) is 32.1 Å². The van der Waals surface area contributed by atoms with Gasteiger partial charge in [0.2, 0.25) is 0 Å². The van der Waals surface area contributed by atoms with Gasteiger partial charge in [-0.05, 0) is 36.8 Å².